The Morgan fingerprint density at radius 3 is 2.56 bits per heavy atom. The minimum Gasteiger partial charge on any atom is -0.320 e. The molecule has 1 atom stereocenters. The molecule has 128 valence electrons. The third kappa shape index (κ3) is 4.10. The lowest BCUT2D eigenvalue weighted by molar-refractivity contribution is -0.118. The van der Waals surface area contributed by atoms with E-state index in [1.807, 2.05) is 43.5 Å². The van der Waals surface area contributed by atoms with E-state index in [0.717, 1.165) is 22.4 Å². The second kappa shape index (κ2) is 7.55. The van der Waals surface area contributed by atoms with Gasteiger partial charge in [0.2, 0.25) is 5.91 Å². The van der Waals surface area contributed by atoms with Crippen molar-refractivity contribution in [1.29, 1.82) is 0 Å². The first kappa shape index (κ1) is 17.3. The van der Waals surface area contributed by atoms with E-state index in [1.54, 1.807) is 12.4 Å². The van der Waals surface area contributed by atoms with Gasteiger partial charge in [0.25, 0.3) is 0 Å². The number of hydrogen-bond donors (Lipinski definition) is 2. The van der Waals surface area contributed by atoms with Gasteiger partial charge in [-0.1, -0.05) is 32.0 Å². The Morgan fingerprint density at radius 2 is 1.84 bits per heavy atom. The lowest BCUT2D eigenvalue weighted by Gasteiger charge is -2.13. The van der Waals surface area contributed by atoms with Crippen LogP contribution in [0.15, 0.2) is 54.2 Å². The molecule has 5 nitrogen and oxygen atoms in total. The lowest BCUT2D eigenvalue weighted by atomic mass is 10.0. The summed E-state index contributed by atoms with van der Waals surface area (Å²) in [7, 11) is 0. The first-order valence-corrected chi connectivity index (χ1v) is 8.95. The van der Waals surface area contributed by atoms with Crippen LogP contribution in [0, 0.1) is 5.92 Å². The van der Waals surface area contributed by atoms with Crippen LogP contribution < -0.4 is 11.1 Å². The maximum atomic E-state index is 12.1. The molecular formula is C19H20N4OS. The maximum Gasteiger partial charge on any atom is 0.243 e. The number of carbonyl (C=O) groups excluding carboxylic acids is 1. The second-order valence-electron chi connectivity index (χ2n) is 6.11. The summed E-state index contributed by atoms with van der Waals surface area (Å²) in [6.07, 6.45) is 3.55. The zero-order valence-corrected chi connectivity index (χ0v) is 15.0. The average Bonchev–Trinajstić information content (AvgIpc) is 3.10. The van der Waals surface area contributed by atoms with Crippen LogP contribution in [0.1, 0.15) is 13.8 Å². The number of nitrogens with two attached hydrogens (primary N) is 1. The van der Waals surface area contributed by atoms with Gasteiger partial charge < -0.3 is 11.1 Å². The minimum atomic E-state index is -0.539. The van der Waals surface area contributed by atoms with Gasteiger partial charge in [0, 0.05) is 23.3 Å². The van der Waals surface area contributed by atoms with Gasteiger partial charge in [-0.2, -0.15) is 0 Å². The molecule has 0 saturated heterocycles. The van der Waals surface area contributed by atoms with Crippen LogP contribution in [0.2, 0.25) is 0 Å². The van der Waals surface area contributed by atoms with E-state index >= 15 is 0 Å². The summed E-state index contributed by atoms with van der Waals surface area (Å²) in [6, 6.07) is 11.5. The van der Waals surface area contributed by atoms with Crippen LogP contribution in [0.4, 0.5) is 5.13 Å². The van der Waals surface area contributed by atoms with Crippen LogP contribution in [0.3, 0.4) is 0 Å². The molecule has 1 aromatic carbocycles. The molecule has 3 rings (SSSR count). The molecule has 2 heterocycles. The summed E-state index contributed by atoms with van der Waals surface area (Å²) in [5, 5.41) is 5.29. The van der Waals surface area contributed by atoms with Crippen LogP contribution in [0.25, 0.3) is 22.4 Å². The zero-order valence-electron chi connectivity index (χ0n) is 14.1. The van der Waals surface area contributed by atoms with Gasteiger partial charge in [-0.25, -0.2) is 4.98 Å². The van der Waals surface area contributed by atoms with Gasteiger partial charge in [0.1, 0.15) is 0 Å². The molecule has 0 spiro atoms. The summed E-state index contributed by atoms with van der Waals surface area (Å²) in [6.45, 7) is 3.84. The number of pyridine rings is 1. The fraction of sp³-hybridized carbons (Fsp3) is 0.211. The fourth-order valence-electron chi connectivity index (χ4n) is 2.36. The highest BCUT2D eigenvalue weighted by molar-refractivity contribution is 7.14. The predicted octanol–water partition coefficient (Wildman–Crippen LogP) is 3.79. The van der Waals surface area contributed by atoms with Crippen molar-refractivity contribution < 1.29 is 4.79 Å². The SMILES string of the molecule is CC(C)C(N)C(=O)Nc1nc(-c2cccc(-c3ccncc3)c2)cs1. The lowest BCUT2D eigenvalue weighted by Crippen LogP contribution is -2.39. The highest BCUT2D eigenvalue weighted by atomic mass is 32.1. The first-order valence-electron chi connectivity index (χ1n) is 8.07. The minimum absolute atomic E-state index is 0.0801. The summed E-state index contributed by atoms with van der Waals surface area (Å²) in [4.78, 5) is 20.6. The number of thiazole rings is 1. The van der Waals surface area contributed by atoms with Gasteiger partial charge in [0.15, 0.2) is 5.13 Å². The topological polar surface area (TPSA) is 80.9 Å². The molecule has 0 aliphatic rings. The first-order chi connectivity index (χ1) is 12.0. The molecule has 2 aromatic heterocycles. The second-order valence-corrected chi connectivity index (χ2v) is 6.97. The number of amides is 1. The molecule has 25 heavy (non-hydrogen) atoms. The van der Waals surface area contributed by atoms with Crippen molar-refractivity contribution in [1.82, 2.24) is 9.97 Å². The predicted molar refractivity (Wildman–Crippen MR) is 102 cm³/mol. The number of benzene rings is 1. The number of carbonyl (C=O) groups is 1. The monoisotopic (exact) mass is 352 g/mol. The Morgan fingerprint density at radius 1 is 1.12 bits per heavy atom. The van der Waals surface area contributed by atoms with E-state index in [0.29, 0.717) is 5.13 Å². The van der Waals surface area contributed by atoms with Crippen molar-refractivity contribution in [2.75, 3.05) is 5.32 Å². The van der Waals surface area contributed by atoms with E-state index in [4.69, 9.17) is 5.73 Å². The average molecular weight is 352 g/mol. The quantitative estimate of drug-likeness (QED) is 0.732. The Balaban J connectivity index is 1.80. The number of nitrogens with zero attached hydrogens (tertiary/aromatic N) is 2. The van der Waals surface area contributed by atoms with E-state index < -0.39 is 6.04 Å². The van der Waals surface area contributed by atoms with Crippen LogP contribution in [-0.4, -0.2) is 21.9 Å². The van der Waals surface area contributed by atoms with Gasteiger partial charge in [-0.3, -0.25) is 9.78 Å². The molecule has 0 bridgehead atoms. The number of nitrogens with one attached hydrogen (secondary N) is 1. The summed E-state index contributed by atoms with van der Waals surface area (Å²) in [5.41, 5.74) is 9.90. The van der Waals surface area contributed by atoms with Crippen molar-refractivity contribution in [2.45, 2.75) is 19.9 Å². The molecule has 0 fully saturated rings. The van der Waals surface area contributed by atoms with Gasteiger partial charge in [-0.15, -0.1) is 11.3 Å². The largest absolute Gasteiger partial charge is 0.320 e. The Hall–Kier alpha value is -2.57. The number of hydrogen-bond acceptors (Lipinski definition) is 5. The summed E-state index contributed by atoms with van der Waals surface area (Å²) in [5.74, 6) is -0.127. The van der Waals surface area contributed by atoms with Crippen molar-refractivity contribution >= 4 is 22.4 Å². The summed E-state index contributed by atoms with van der Waals surface area (Å²) < 4.78 is 0. The van der Waals surface area contributed by atoms with E-state index in [-0.39, 0.29) is 11.8 Å². The smallest absolute Gasteiger partial charge is 0.243 e. The standard InChI is InChI=1S/C19H20N4OS/c1-12(2)17(20)18(24)23-19-22-16(11-25-19)15-5-3-4-14(10-15)13-6-8-21-9-7-13/h3-12,17H,20H2,1-2H3,(H,22,23,24). The Bertz CT molecular complexity index is 861. The molecule has 3 N–H and O–H groups in total. The van der Waals surface area contributed by atoms with Gasteiger partial charge in [0.05, 0.1) is 11.7 Å². The maximum absolute atomic E-state index is 12.1. The Labute approximate surface area is 151 Å². The summed E-state index contributed by atoms with van der Waals surface area (Å²) >= 11 is 1.39. The molecule has 3 aromatic rings. The molecule has 0 saturated carbocycles. The third-order valence-corrected chi connectivity index (χ3v) is 4.69. The highest BCUT2D eigenvalue weighted by Crippen LogP contribution is 2.28. The van der Waals surface area contributed by atoms with Crippen LogP contribution >= 0.6 is 11.3 Å². The molecule has 0 aliphatic heterocycles. The normalized spacial score (nSPS) is 12.2. The number of aromatic nitrogens is 2. The molecule has 0 aliphatic carbocycles. The van der Waals surface area contributed by atoms with E-state index in [2.05, 4.69) is 27.4 Å². The zero-order chi connectivity index (χ0) is 17.8. The molecule has 0 radical (unpaired) electrons. The van der Waals surface area contributed by atoms with Crippen molar-refractivity contribution in [3.8, 4) is 22.4 Å². The van der Waals surface area contributed by atoms with Gasteiger partial charge in [-0.05, 0) is 35.2 Å². The third-order valence-electron chi connectivity index (χ3n) is 3.93. The molecule has 1 unspecified atom stereocenters. The van der Waals surface area contributed by atoms with Crippen molar-refractivity contribution in [2.24, 2.45) is 11.7 Å². The molecule has 6 heteroatoms. The highest BCUT2D eigenvalue weighted by Gasteiger charge is 2.18. The molecule has 1 amide bonds. The number of anilines is 1. The van der Waals surface area contributed by atoms with Crippen LogP contribution in [0.5, 0.6) is 0 Å². The van der Waals surface area contributed by atoms with E-state index in [9.17, 15) is 4.79 Å². The van der Waals surface area contributed by atoms with E-state index in [1.165, 1.54) is 11.3 Å². The van der Waals surface area contributed by atoms with Crippen LogP contribution in [-0.2, 0) is 4.79 Å². The molecular weight excluding hydrogens is 332 g/mol. The van der Waals surface area contributed by atoms with Gasteiger partial charge >= 0.3 is 0 Å². The fourth-order valence-corrected chi connectivity index (χ4v) is 3.08. The van der Waals surface area contributed by atoms with Crippen molar-refractivity contribution in [3.05, 3.63) is 54.2 Å². The van der Waals surface area contributed by atoms with Crippen molar-refractivity contribution in [3.63, 3.8) is 0 Å². The number of rotatable bonds is 5. The Kier molecular flexibility index (Phi) is 5.21.